The van der Waals surface area contributed by atoms with E-state index in [4.69, 9.17) is 5.26 Å². The summed E-state index contributed by atoms with van der Waals surface area (Å²) in [6.07, 6.45) is 0. The van der Waals surface area contributed by atoms with Crippen LogP contribution in [0.5, 0.6) is 0 Å². The molecule has 0 saturated carbocycles. The first-order valence-corrected chi connectivity index (χ1v) is 6.31. The molecule has 0 N–H and O–H groups in total. The fraction of sp³-hybridized carbons (Fsp3) is 0.222. The monoisotopic (exact) mass is 288 g/mol. The van der Waals surface area contributed by atoms with E-state index in [1.807, 2.05) is 0 Å². The zero-order valence-electron chi connectivity index (χ0n) is 8.01. The lowest BCUT2D eigenvalue weighted by atomic mass is 10.4. The van der Waals surface area contributed by atoms with Gasteiger partial charge in [-0.05, 0) is 28.1 Å². The molecule has 1 rings (SSSR count). The first-order valence-electron chi connectivity index (χ1n) is 4.08. The molecule has 0 aliphatic rings. The summed E-state index contributed by atoms with van der Waals surface area (Å²) in [5, 5.41) is 8.45. The minimum absolute atomic E-state index is 0.163. The number of nitrogens with zero attached hydrogens (tertiary/aromatic N) is 2. The van der Waals surface area contributed by atoms with Gasteiger partial charge in [0.15, 0.2) is 0 Å². The molecule has 0 aliphatic carbocycles. The van der Waals surface area contributed by atoms with Crippen LogP contribution in [-0.2, 0) is 10.0 Å². The summed E-state index contributed by atoms with van der Waals surface area (Å²) in [4.78, 5) is 0.169. The topological polar surface area (TPSA) is 61.2 Å². The molecule has 15 heavy (non-hydrogen) atoms. The van der Waals surface area contributed by atoms with E-state index in [9.17, 15) is 8.42 Å². The van der Waals surface area contributed by atoms with Crippen LogP contribution in [0.25, 0.3) is 0 Å². The van der Waals surface area contributed by atoms with E-state index in [0.29, 0.717) is 4.47 Å². The summed E-state index contributed by atoms with van der Waals surface area (Å²) in [5.74, 6) is 0. The molecular weight excluding hydrogens is 280 g/mol. The standard InChI is InChI=1S/C9H9BrN2O2S/c1-12(7-6-11)15(13,14)9-5-3-2-4-8(9)10/h2-5H,7H2,1H3. The number of halogens is 1. The Balaban J connectivity index is 3.19. The molecule has 0 fully saturated rings. The van der Waals surface area contributed by atoms with E-state index < -0.39 is 10.0 Å². The molecule has 80 valence electrons. The van der Waals surface area contributed by atoms with Crippen LogP contribution in [-0.4, -0.2) is 26.3 Å². The third kappa shape index (κ3) is 2.56. The van der Waals surface area contributed by atoms with Crippen LogP contribution in [0.15, 0.2) is 33.6 Å². The van der Waals surface area contributed by atoms with Crippen molar-refractivity contribution < 1.29 is 8.42 Å². The number of hydrogen-bond donors (Lipinski definition) is 0. The van der Waals surface area contributed by atoms with Gasteiger partial charge in [0.25, 0.3) is 0 Å². The summed E-state index contributed by atoms with van der Waals surface area (Å²) >= 11 is 3.16. The van der Waals surface area contributed by atoms with E-state index in [2.05, 4.69) is 15.9 Å². The van der Waals surface area contributed by atoms with Gasteiger partial charge < -0.3 is 0 Å². The van der Waals surface area contributed by atoms with Gasteiger partial charge in [-0.15, -0.1) is 0 Å². The number of nitriles is 1. The Bertz CT molecular complexity index is 493. The lowest BCUT2D eigenvalue weighted by Crippen LogP contribution is -2.27. The molecular formula is C9H9BrN2O2S. The van der Waals surface area contributed by atoms with Gasteiger partial charge >= 0.3 is 0 Å². The first-order chi connectivity index (χ1) is 7.00. The smallest absolute Gasteiger partial charge is 0.207 e. The van der Waals surface area contributed by atoms with Crippen molar-refractivity contribution in [3.8, 4) is 6.07 Å². The minimum Gasteiger partial charge on any atom is -0.207 e. The van der Waals surface area contributed by atoms with Crippen LogP contribution in [0.3, 0.4) is 0 Å². The second-order valence-electron chi connectivity index (χ2n) is 2.85. The maximum atomic E-state index is 11.9. The summed E-state index contributed by atoms with van der Waals surface area (Å²) in [6, 6.07) is 8.30. The molecule has 0 amide bonds. The van der Waals surface area contributed by atoms with Crippen molar-refractivity contribution in [3.05, 3.63) is 28.7 Å². The Hall–Kier alpha value is -0.900. The number of sulfonamides is 1. The Morgan fingerprint density at radius 2 is 2.07 bits per heavy atom. The molecule has 0 saturated heterocycles. The van der Waals surface area contributed by atoms with Gasteiger partial charge in [-0.3, -0.25) is 0 Å². The van der Waals surface area contributed by atoms with Gasteiger partial charge in [0.05, 0.1) is 11.0 Å². The van der Waals surface area contributed by atoms with Crippen LogP contribution >= 0.6 is 15.9 Å². The fourth-order valence-corrected chi connectivity index (χ4v) is 3.03. The predicted molar refractivity (Wildman–Crippen MR) is 59.6 cm³/mol. The van der Waals surface area contributed by atoms with Crippen molar-refractivity contribution in [2.24, 2.45) is 0 Å². The second-order valence-corrected chi connectivity index (χ2v) is 5.72. The second kappa shape index (κ2) is 4.75. The van der Waals surface area contributed by atoms with E-state index >= 15 is 0 Å². The third-order valence-corrected chi connectivity index (χ3v) is 4.63. The Kier molecular flexibility index (Phi) is 3.85. The molecule has 0 heterocycles. The predicted octanol–water partition coefficient (Wildman–Crippen LogP) is 1.59. The minimum atomic E-state index is -3.57. The Morgan fingerprint density at radius 1 is 1.47 bits per heavy atom. The zero-order valence-corrected chi connectivity index (χ0v) is 10.4. The lowest BCUT2D eigenvalue weighted by Gasteiger charge is -2.14. The maximum Gasteiger partial charge on any atom is 0.244 e. The summed E-state index contributed by atoms with van der Waals surface area (Å²) in [5.41, 5.74) is 0. The highest BCUT2D eigenvalue weighted by atomic mass is 79.9. The van der Waals surface area contributed by atoms with Gasteiger partial charge in [-0.1, -0.05) is 12.1 Å². The van der Waals surface area contributed by atoms with Gasteiger partial charge in [0.1, 0.15) is 6.54 Å². The largest absolute Gasteiger partial charge is 0.244 e. The van der Waals surface area contributed by atoms with E-state index in [0.717, 1.165) is 4.31 Å². The average molecular weight is 289 g/mol. The number of rotatable bonds is 3. The third-order valence-electron chi connectivity index (χ3n) is 1.82. The summed E-state index contributed by atoms with van der Waals surface area (Å²) in [6.45, 7) is -0.163. The van der Waals surface area contributed by atoms with E-state index in [-0.39, 0.29) is 11.4 Å². The van der Waals surface area contributed by atoms with Crippen LogP contribution in [0, 0.1) is 11.3 Å². The van der Waals surface area contributed by atoms with Crippen molar-refractivity contribution in [1.82, 2.24) is 4.31 Å². The van der Waals surface area contributed by atoms with Crippen molar-refractivity contribution in [3.63, 3.8) is 0 Å². The average Bonchev–Trinajstić information content (AvgIpc) is 2.18. The van der Waals surface area contributed by atoms with E-state index in [1.165, 1.54) is 13.1 Å². The van der Waals surface area contributed by atoms with Crippen molar-refractivity contribution >= 4 is 26.0 Å². The molecule has 0 bridgehead atoms. The van der Waals surface area contributed by atoms with Gasteiger partial charge in [-0.25, -0.2) is 8.42 Å². The van der Waals surface area contributed by atoms with Gasteiger partial charge in [-0.2, -0.15) is 9.57 Å². The normalized spacial score (nSPS) is 11.3. The molecule has 4 nitrogen and oxygen atoms in total. The summed E-state index contributed by atoms with van der Waals surface area (Å²) in [7, 11) is -2.19. The Labute approximate surface area is 97.3 Å². The Morgan fingerprint density at radius 3 is 2.60 bits per heavy atom. The molecule has 0 aromatic heterocycles. The van der Waals surface area contributed by atoms with Crippen LogP contribution < -0.4 is 0 Å². The number of benzene rings is 1. The van der Waals surface area contributed by atoms with E-state index in [1.54, 1.807) is 24.3 Å². The van der Waals surface area contributed by atoms with Crippen LogP contribution in [0.2, 0.25) is 0 Å². The maximum absolute atomic E-state index is 11.9. The zero-order chi connectivity index (χ0) is 11.5. The van der Waals surface area contributed by atoms with Crippen LogP contribution in [0.4, 0.5) is 0 Å². The van der Waals surface area contributed by atoms with Crippen molar-refractivity contribution in [1.29, 1.82) is 5.26 Å². The van der Waals surface area contributed by atoms with Crippen LogP contribution in [0.1, 0.15) is 0 Å². The molecule has 6 heteroatoms. The van der Waals surface area contributed by atoms with Crippen molar-refractivity contribution in [2.75, 3.05) is 13.6 Å². The number of hydrogen-bond acceptors (Lipinski definition) is 3. The molecule has 0 atom stereocenters. The molecule has 1 aromatic rings. The van der Waals surface area contributed by atoms with Gasteiger partial charge in [0.2, 0.25) is 10.0 Å². The highest BCUT2D eigenvalue weighted by molar-refractivity contribution is 9.10. The summed E-state index contributed by atoms with van der Waals surface area (Å²) < 4.78 is 25.3. The molecule has 0 unspecified atom stereocenters. The SMILES string of the molecule is CN(CC#N)S(=O)(=O)c1ccccc1Br. The molecule has 0 spiro atoms. The highest BCUT2D eigenvalue weighted by Gasteiger charge is 2.22. The van der Waals surface area contributed by atoms with Crippen molar-refractivity contribution in [2.45, 2.75) is 4.90 Å². The highest BCUT2D eigenvalue weighted by Crippen LogP contribution is 2.23. The fourth-order valence-electron chi connectivity index (χ4n) is 1.01. The molecule has 1 aromatic carbocycles. The molecule has 0 aliphatic heterocycles. The quantitative estimate of drug-likeness (QED) is 0.794. The molecule has 0 radical (unpaired) electrons. The first kappa shape index (κ1) is 12.2. The van der Waals surface area contributed by atoms with Gasteiger partial charge in [0, 0.05) is 11.5 Å². The lowest BCUT2D eigenvalue weighted by molar-refractivity contribution is 0.501.